The van der Waals surface area contributed by atoms with Crippen LogP contribution in [-0.2, 0) is 9.72 Å². The van der Waals surface area contributed by atoms with Gasteiger partial charge in [0.2, 0.25) is 0 Å². The number of ether oxygens (including phenoxy) is 1. The van der Waals surface area contributed by atoms with Crippen molar-refractivity contribution in [3.63, 3.8) is 0 Å². The van der Waals surface area contributed by atoms with Crippen molar-refractivity contribution in [2.45, 2.75) is 5.54 Å². The van der Waals surface area contributed by atoms with Crippen molar-refractivity contribution >= 4 is 12.2 Å². The Morgan fingerprint density at radius 1 is 1.33 bits per heavy atom. The van der Waals surface area contributed by atoms with Crippen LogP contribution in [0.4, 0.5) is 0 Å². The van der Waals surface area contributed by atoms with Crippen LogP contribution in [0, 0.1) is 0 Å². The minimum atomic E-state index is -0.456. The number of hydrogen-bond acceptors (Lipinski definition) is 5. The summed E-state index contributed by atoms with van der Waals surface area (Å²) < 4.78 is 19.5. The lowest BCUT2D eigenvalue weighted by molar-refractivity contribution is 0.281. The Kier molecular flexibility index (Phi) is 3.03. The summed E-state index contributed by atoms with van der Waals surface area (Å²) >= 11 is 1.24. The molecule has 1 aromatic heterocycles. The molecule has 18 heavy (non-hydrogen) atoms. The number of methoxy groups -OCH3 is 1. The van der Waals surface area contributed by atoms with Crippen LogP contribution in [0.5, 0.6) is 5.75 Å². The molecular weight excluding hydrogens is 250 g/mol. The molecule has 1 unspecified atom stereocenters. The quantitative estimate of drug-likeness (QED) is 0.681. The van der Waals surface area contributed by atoms with Gasteiger partial charge in [0.1, 0.15) is 17.0 Å². The maximum absolute atomic E-state index is 5.55. The van der Waals surface area contributed by atoms with Crippen molar-refractivity contribution in [3.8, 4) is 5.75 Å². The van der Waals surface area contributed by atoms with Gasteiger partial charge in [-0.1, -0.05) is 12.1 Å². The summed E-state index contributed by atoms with van der Waals surface area (Å²) in [5.74, 6) is 1.65. The Bertz CT molecular complexity index is 521. The fourth-order valence-electron chi connectivity index (χ4n) is 2.06. The average Bonchev–Trinajstić information content (AvgIpc) is 3.10. The summed E-state index contributed by atoms with van der Waals surface area (Å²) in [4.78, 5) is 0. The van der Waals surface area contributed by atoms with Gasteiger partial charge in [0.15, 0.2) is 0 Å². The molecule has 1 aromatic carbocycles. The van der Waals surface area contributed by atoms with E-state index in [1.807, 2.05) is 36.4 Å². The highest BCUT2D eigenvalue weighted by atomic mass is 32.2. The van der Waals surface area contributed by atoms with Gasteiger partial charge in [0, 0.05) is 0 Å². The van der Waals surface area contributed by atoms with Crippen LogP contribution in [0.25, 0.3) is 0 Å². The molecular formula is C13H13NO3S. The molecule has 0 radical (unpaired) electrons. The first-order chi connectivity index (χ1) is 8.85. The Hall–Kier alpha value is -1.43. The van der Waals surface area contributed by atoms with Gasteiger partial charge in [0.05, 0.1) is 32.2 Å². The van der Waals surface area contributed by atoms with Gasteiger partial charge in [-0.05, 0) is 29.8 Å². The van der Waals surface area contributed by atoms with Gasteiger partial charge in [-0.2, -0.15) is 0 Å². The summed E-state index contributed by atoms with van der Waals surface area (Å²) in [5, 5.41) is 0. The smallest absolute Gasteiger partial charge is 0.138 e. The Morgan fingerprint density at radius 2 is 2.28 bits per heavy atom. The molecule has 1 aliphatic rings. The summed E-state index contributed by atoms with van der Waals surface area (Å²) in [6, 6.07) is 11.7. The van der Waals surface area contributed by atoms with Gasteiger partial charge in [0.25, 0.3) is 0 Å². The van der Waals surface area contributed by atoms with E-state index in [-0.39, 0.29) is 0 Å². The lowest BCUT2D eigenvalue weighted by Crippen LogP contribution is -2.38. The highest BCUT2D eigenvalue weighted by Gasteiger charge is 2.42. The number of furan rings is 1. The minimum Gasteiger partial charge on any atom is -0.497 e. The Morgan fingerprint density at radius 3 is 2.94 bits per heavy atom. The molecule has 0 bridgehead atoms. The molecule has 0 aliphatic carbocycles. The van der Waals surface area contributed by atoms with Crippen molar-refractivity contribution in [1.29, 1.82) is 0 Å². The third-order valence-corrected chi connectivity index (χ3v) is 3.72. The van der Waals surface area contributed by atoms with E-state index in [2.05, 4.69) is 4.72 Å². The largest absolute Gasteiger partial charge is 0.497 e. The molecule has 2 aromatic rings. The summed E-state index contributed by atoms with van der Waals surface area (Å²) in [7, 11) is 1.66. The molecule has 4 nitrogen and oxygen atoms in total. The number of hydrogen-bond donors (Lipinski definition) is 1. The molecule has 0 amide bonds. The topological polar surface area (TPSA) is 43.6 Å². The van der Waals surface area contributed by atoms with Crippen LogP contribution in [-0.4, -0.2) is 13.7 Å². The molecule has 1 fully saturated rings. The van der Waals surface area contributed by atoms with E-state index in [1.54, 1.807) is 13.4 Å². The third-order valence-electron chi connectivity index (χ3n) is 3.05. The lowest BCUT2D eigenvalue weighted by Gasteiger charge is -2.25. The summed E-state index contributed by atoms with van der Waals surface area (Å²) in [5.41, 5.74) is 0.602. The van der Waals surface area contributed by atoms with Crippen LogP contribution < -0.4 is 9.46 Å². The average molecular weight is 263 g/mol. The number of rotatable bonds is 3. The first-order valence-corrected chi connectivity index (χ1v) is 6.33. The zero-order chi connectivity index (χ0) is 12.4. The molecule has 1 atom stereocenters. The zero-order valence-electron chi connectivity index (χ0n) is 9.88. The van der Waals surface area contributed by atoms with Gasteiger partial charge in [-0.15, -0.1) is 0 Å². The van der Waals surface area contributed by atoms with Gasteiger partial charge < -0.3 is 9.15 Å². The van der Waals surface area contributed by atoms with Crippen LogP contribution in [0.15, 0.2) is 47.1 Å². The molecule has 5 heteroatoms. The van der Waals surface area contributed by atoms with Crippen LogP contribution in [0.1, 0.15) is 11.3 Å². The zero-order valence-corrected chi connectivity index (χ0v) is 10.7. The number of nitrogens with one attached hydrogen (secondary N) is 1. The predicted octanol–water partition coefficient (Wildman–Crippen LogP) is 2.71. The predicted molar refractivity (Wildman–Crippen MR) is 69.2 cm³/mol. The molecule has 2 heterocycles. The van der Waals surface area contributed by atoms with Crippen molar-refractivity contribution in [3.05, 3.63) is 54.0 Å². The maximum Gasteiger partial charge on any atom is 0.138 e. The lowest BCUT2D eigenvalue weighted by atomic mass is 9.89. The van der Waals surface area contributed by atoms with Crippen LogP contribution in [0.2, 0.25) is 0 Å². The SMILES string of the molecule is COc1cccc(C2(c3ccco3)COSN2)c1. The normalized spacial score (nSPS) is 23.2. The fraction of sp³-hybridized carbons (Fsp3) is 0.231. The maximum atomic E-state index is 5.55. The molecule has 1 saturated heterocycles. The highest BCUT2D eigenvalue weighted by Crippen LogP contribution is 2.38. The van der Waals surface area contributed by atoms with E-state index in [4.69, 9.17) is 13.3 Å². The molecule has 1 aliphatic heterocycles. The molecule has 0 spiro atoms. The highest BCUT2D eigenvalue weighted by molar-refractivity contribution is 7.92. The summed E-state index contributed by atoms with van der Waals surface area (Å²) in [6.07, 6.45) is 1.67. The Balaban J connectivity index is 2.09. The van der Waals surface area contributed by atoms with Crippen LogP contribution >= 0.6 is 12.2 Å². The first-order valence-electron chi connectivity index (χ1n) is 5.59. The summed E-state index contributed by atoms with van der Waals surface area (Å²) in [6.45, 7) is 0.512. The monoisotopic (exact) mass is 263 g/mol. The van der Waals surface area contributed by atoms with E-state index in [1.165, 1.54) is 12.2 Å². The molecule has 3 rings (SSSR count). The second kappa shape index (κ2) is 4.68. The van der Waals surface area contributed by atoms with Crippen molar-refractivity contribution < 1.29 is 13.3 Å². The molecule has 94 valence electrons. The third kappa shape index (κ3) is 1.80. The van der Waals surface area contributed by atoms with Gasteiger partial charge >= 0.3 is 0 Å². The minimum absolute atomic E-state index is 0.456. The van der Waals surface area contributed by atoms with E-state index in [0.29, 0.717) is 6.61 Å². The molecule has 0 saturated carbocycles. The number of benzene rings is 1. The second-order valence-electron chi connectivity index (χ2n) is 4.06. The second-order valence-corrected chi connectivity index (χ2v) is 4.67. The Labute approximate surface area is 110 Å². The standard InChI is InChI=1S/C13H13NO3S/c1-15-11-5-2-4-10(8-11)13(9-17-18-14-13)12-6-3-7-16-12/h2-8,14H,9H2,1H3. The van der Waals surface area contributed by atoms with E-state index < -0.39 is 5.54 Å². The van der Waals surface area contributed by atoms with E-state index >= 15 is 0 Å². The van der Waals surface area contributed by atoms with E-state index in [0.717, 1.165) is 17.1 Å². The van der Waals surface area contributed by atoms with Crippen molar-refractivity contribution in [2.75, 3.05) is 13.7 Å². The first kappa shape index (κ1) is 11.6. The van der Waals surface area contributed by atoms with Crippen LogP contribution in [0.3, 0.4) is 0 Å². The van der Waals surface area contributed by atoms with Crippen molar-refractivity contribution in [2.24, 2.45) is 0 Å². The van der Waals surface area contributed by atoms with E-state index in [9.17, 15) is 0 Å². The fourth-order valence-corrected chi connectivity index (χ4v) is 2.78. The molecule has 1 N–H and O–H groups in total. The van der Waals surface area contributed by atoms with Gasteiger partial charge in [-0.25, -0.2) is 4.72 Å². The van der Waals surface area contributed by atoms with Gasteiger partial charge in [-0.3, -0.25) is 4.18 Å². The van der Waals surface area contributed by atoms with Crippen molar-refractivity contribution in [1.82, 2.24) is 4.72 Å².